The highest BCUT2D eigenvalue weighted by Gasteiger charge is 2.02. The molecule has 0 aliphatic rings. The van der Waals surface area contributed by atoms with Crippen LogP contribution in [-0.2, 0) is 11.2 Å². The third kappa shape index (κ3) is 3.73. The van der Waals surface area contributed by atoms with Gasteiger partial charge in [0, 0.05) is 12.8 Å². The number of carbonyl (C=O) groups excluding carboxylic acids is 1. The molecule has 1 heteroatoms. The van der Waals surface area contributed by atoms with E-state index in [0.717, 1.165) is 24.8 Å². The van der Waals surface area contributed by atoms with Crippen molar-refractivity contribution in [3.05, 3.63) is 35.4 Å². The first kappa shape index (κ1) is 11.0. The molecule has 1 aromatic carbocycles. The zero-order valence-corrected chi connectivity index (χ0v) is 9.05. The van der Waals surface area contributed by atoms with Crippen molar-refractivity contribution >= 4 is 5.78 Å². The van der Waals surface area contributed by atoms with Crippen molar-refractivity contribution in [3.63, 3.8) is 0 Å². The predicted octanol–water partition coefficient (Wildman–Crippen LogP) is 3.30. The second-order valence-electron chi connectivity index (χ2n) is 3.81. The van der Waals surface area contributed by atoms with Crippen LogP contribution in [0, 0.1) is 6.92 Å². The fraction of sp³-hybridized carbons (Fsp3) is 0.462. The first-order valence-electron chi connectivity index (χ1n) is 5.29. The molecule has 0 saturated carbocycles. The van der Waals surface area contributed by atoms with Gasteiger partial charge < -0.3 is 0 Å². The molecule has 0 N–H and O–H groups in total. The molecule has 0 bridgehead atoms. The van der Waals surface area contributed by atoms with Gasteiger partial charge in [-0.1, -0.05) is 43.2 Å². The first-order chi connectivity index (χ1) is 6.72. The van der Waals surface area contributed by atoms with Crippen LogP contribution in [0.15, 0.2) is 24.3 Å². The highest BCUT2D eigenvalue weighted by molar-refractivity contribution is 5.80. The van der Waals surface area contributed by atoms with E-state index < -0.39 is 0 Å². The maximum Gasteiger partial charge on any atom is 0.137 e. The van der Waals surface area contributed by atoms with E-state index in [4.69, 9.17) is 0 Å². The molecule has 0 heterocycles. The number of aryl methyl sites for hydroxylation is 1. The lowest BCUT2D eigenvalue weighted by molar-refractivity contribution is -0.118. The second kappa shape index (κ2) is 5.58. The summed E-state index contributed by atoms with van der Waals surface area (Å²) < 4.78 is 0. The standard InChI is InChI=1S/C13H18O/c1-3-4-8-13(14)10-12-7-5-6-11(2)9-12/h5-7,9H,3-4,8,10H2,1-2H3. The van der Waals surface area contributed by atoms with Crippen LogP contribution in [0.5, 0.6) is 0 Å². The summed E-state index contributed by atoms with van der Waals surface area (Å²) in [5.41, 5.74) is 2.37. The van der Waals surface area contributed by atoms with Gasteiger partial charge in [0.2, 0.25) is 0 Å². The second-order valence-corrected chi connectivity index (χ2v) is 3.81. The molecule has 1 nitrogen and oxygen atoms in total. The molecule has 76 valence electrons. The summed E-state index contributed by atoms with van der Waals surface area (Å²) in [6, 6.07) is 8.18. The van der Waals surface area contributed by atoms with Gasteiger partial charge in [0.05, 0.1) is 0 Å². The minimum absolute atomic E-state index is 0.359. The minimum atomic E-state index is 0.359. The summed E-state index contributed by atoms with van der Waals surface area (Å²) in [6.07, 6.45) is 3.44. The van der Waals surface area contributed by atoms with E-state index in [1.54, 1.807) is 0 Å². The number of rotatable bonds is 5. The van der Waals surface area contributed by atoms with Gasteiger partial charge in [0.15, 0.2) is 0 Å². The van der Waals surface area contributed by atoms with Crippen LogP contribution in [0.1, 0.15) is 37.3 Å². The highest BCUT2D eigenvalue weighted by Crippen LogP contribution is 2.07. The summed E-state index contributed by atoms with van der Waals surface area (Å²) >= 11 is 0. The molecule has 0 aromatic heterocycles. The van der Waals surface area contributed by atoms with Crippen molar-refractivity contribution in [1.29, 1.82) is 0 Å². The Morgan fingerprint density at radius 3 is 2.79 bits per heavy atom. The Kier molecular flexibility index (Phi) is 4.37. The molecule has 0 saturated heterocycles. The zero-order chi connectivity index (χ0) is 10.4. The van der Waals surface area contributed by atoms with Gasteiger partial charge >= 0.3 is 0 Å². The van der Waals surface area contributed by atoms with Crippen LogP contribution in [0.4, 0.5) is 0 Å². The molecule has 0 atom stereocenters. The van der Waals surface area contributed by atoms with E-state index in [0.29, 0.717) is 12.2 Å². The SMILES string of the molecule is CCCCC(=O)Cc1cccc(C)c1. The fourth-order valence-corrected chi connectivity index (χ4v) is 1.51. The van der Waals surface area contributed by atoms with Crippen molar-refractivity contribution in [2.45, 2.75) is 39.5 Å². The third-order valence-corrected chi connectivity index (χ3v) is 2.29. The van der Waals surface area contributed by atoms with Crippen LogP contribution >= 0.6 is 0 Å². The van der Waals surface area contributed by atoms with Crippen molar-refractivity contribution in [2.75, 3.05) is 0 Å². The number of unbranched alkanes of at least 4 members (excludes halogenated alkanes) is 1. The molecule has 1 rings (SSSR count). The van der Waals surface area contributed by atoms with Gasteiger partial charge in [-0.2, -0.15) is 0 Å². The highest BCUT2D eigenvalue weighted by atomic mass is 16.1. The lowest BCUT2D eigenvalue weighted by Gasteiger charge is -2.01. The van der Waals surface area contributed by atoms with E-state index in [2.05, 4.69) is 26.0 Å². The van der Waals surface area contributed by atoms with E-state index >= 15 is 0 Å². The summed E-state index contributed by atoms with van der Waals surface area (Å²) in [7, 11) is 0. The topological polar surface area (TPSA) is 17.1 Å². The third-order valence-electron chi connectivity index (χ3n) is 2.29. The normalized spacial score (nSPS) is 10.1. The minimum Gasteiger partial charge on any atom is -0.299 e. The molecular formula is C13H18O. The summed E-state index contributed by atoms with van der Waals surface area (Å²) in [6.45, 7) is 4.17. The number of hydrogen-bond acceptors (Lipinski definition) is 1. The average Bonchev–Trinajstić information content (AvgIpc) is 2.15. The molecule has 0 unspecified atom stereocenters. The van der Waals surface area contributed by atoms with Crippen molar-refractivity contribution in [2.24, 2.45) is 0 Å². The van der Waals surface area contributed by atoms with Gasteiger partial charge in [-0.25, -0.2) is 0 Å². The van der Waals surface area contributed by atoms with E-state index in [1.165, 1.54) is 5.56 Å². The van der Waals surface area contributed by atoms with E-state index in [1.807, 2.05) is 12.1 Å². The lowest BCUT2D eigenvalue weighted by atomic mass is 10.0. The Bertz CT molecular complexity index is 302. The molecule has 0 amide bonds. The Labute approximate surface area is 86.1 Å². The van der Waals surface area contributed by atoms with Crippen LogP contribution in [0.2, 0.25) is 0 Å². The zero-order valence-electron chi connectivity index (χ0n) is 9.05. The average molecular weight is 190 g/mol. The molecule has 14 heavy (non-hydrogen) atoms. The Balaban J connectivity index is 2.47. The Morgan fingerprint density at radius 2 is 2.14 bits per heavy atom. The summed E-state index contributed by atoms with van der Waals surface area (Å²) in [5.74, 6) is 0.359. The monoisotopic (exact) mass is 190 g/mol. The number of carbonyl (C=O) groups is 1. The summed E-state index contributed by atoms with van der Waals surface area (Å²) in [5, 5.41) is 0. The maximum atomic E-state index is 11.5. The predicted molar refractivity (Wildman–Crippen MR) is 59.4 cm³/mol. The quantitative estimate of drug-likeness (QED) is 0.696. The van der Waals surface area contributed by atoms with Gasteiger partial charge in [-0.3, -0.25) is 4.79 Å². The molecule has 0 aliphatic heterocycles. The van der Waals surface area contributed by atoms with Crippen molar-refractivity contribution in [1.82, 2.24) is 0 Å². The van der Waals surface area contributed by atoms with E-state index in [9.17, 15) is 4.79 Å². The Hall–Kier alpha value is -1.11. The molecule has 0 fully saturated rings. The van der Waals surface area contributed by atoms with Crippen molar-refractivity contribution < 1.29 is 4.79 Å². The molecule has 1 aromatic rings. The molecule has 0 spiro atoms. The lowest BCUT2D eigenvalue weighted by Crippen LogP contribution is -2.02. The molecule has 0 radical (unpaired) electrons. The number of benzene rings is 1. The summed E-state index contributed by atoms with van der Waals surface area (Å²) in [4.78, 5) is 11.5. The Morgan fingerprint density at radius 1 is 1.36 bits per heavy atom. The van der Waals surface area contributed by atoms with Crippen LogP contribution in [0.3, 0.4) is 0 Å². The van der Waals surface area contributed by atoms with Crippen LogP contribution in [-0.4, -0.2) is 5.78 Å². The maximum absolute atomic E-state index is 11.5. The molecule has 0 aliphatic carbocycles. The van der Waals surface area contributed by atoms with E-state index in [-0.39, 0.29) is 0 Å². The number of Topliss-reactive ketones (excluding diaryl/α,β-unsaturated/α-hetero) is 1. The van der Waals surface area contributed by atoms with Gasteiger partial charge in [-0.15, -0.1) is 0 Å². The van der Waals surface area contributed by atoms with Crippen LogP contribution in [0.25, 0.3) is 0 Å². The molecular weight excluding hydrogens is 172 g/mol. The van der Waals surface area contributed by atoms with Gasteiger partial charge in [0.1, 0.15) is 5.78 Å². The van der Waals surface area contributed by atoms with Crippen LogP contribution < -0.4 is 0 Å². The fourth-order valence-electron chi connectivity index (χ4n) is 1.51. The van der Waals surface area contributed by atoms with Gasteiger partial charge in [-0.05, 0) is 18.9 Å². The number of ketones is 1. The smallest absolute Gasteiger partial charge is 0.137 e. The largest absolute Gasteiger partial charge is 0.299 e. The number of hydrogen-bond donors (Lipinski definition) is 0. The first-order valence-corrected chi connectivity index (χ1v) is 5.29. The van der Waals surface area contributed by atoms with Gasteiger partial charge in [0.25, 0.3) is 0 Å². The van der Waals surface area contributed by atoms with Crippen molar-refractivity contribution in [3.8, 4) is 0 Å².